The summed E-state index contributed by atoms with van der Waals surface area (Å²) in [5.41, 5.74) is 2.49. The zero-order valence-corrected chi connectivity index (χ0v) is 15.7. The van der Waals surface area contributed by atoms with Gasteiger partial charge >= 0.3 is 5.97 Å². The molecule has 3 aromatic rings. The third-order valence-corrected chi connectivity index (χ3v) is 4.83. The van der Waals surface area contributed by atoms with Crippen LogP contribution in [-0.2, 0) is 4.74 Å². The molecular weight excluding hydrogens is 364 g/mol. The molecule has 27 heavy (non-hydrogen) atoms. The average molecular weight is 382 g/mol. The lowest BCUT2D eigenvalue weighted by Gasteiger charge is -2.05. The van der Waals surface area contributed by atoms with Gasteiger partial charge in [0.25, 0.3) is 5.69 Å². The fourth-order valence-electron chi connectivity index (χ4n) is 2.81. The Morgan fingerprint density at radius 2 is 1.89 bits per heavy atom. The van der Waals surface area contributed by atoms with Crippen molar-refractivity contribution in [3.63, 3.8) is 0 Å². The van der Waals surface area contributed by atoms with Crippen LogP contribution in [0.3, 0.4) is 0 Å². The summed E-state index contributed by atoms with van der Waals surface area (Å²) >= 11 is 1.64. The van der Waals surface area contributed by atoms with Crippen molar-refractivity contribution in [2.24, 2.45) is 0 Å². The number of carbonyl (C=O) groups is 1. The molecule has 138 valence electrons. The zero-order chi connectivity index (χ0) is 19.4. The van der Waals surface area contributed by atoms with Crippen molar-refractivity contribution in [3.05, 3.63) is 70.3 Å². The Hall–Kier alpha value is -3.06. The summed E-state index contributed by atoms with van der Waals surface area (Å²) in [5, 5.41) is 11.4. The normalized spacial score (nSPS) is 10.6. The van der Waals surface area contributed by atoms with E-state index in [-0.39, 0.29) is 17.9 Å². The maximum absolute atomic E-state index is 12.4. The number of H-pyrrole nitrogens is 1. The molecule has 0 aliphatic carbocycles. The van der Waals surface area contributed by atoms with Gasteiger partial charge in [-0.25, -0.2) is 4.79 Å². The first-order valence-electron chi connectivity index (χ1n) is 8.33. The predicted molar refractivity (Wildman–Crippen MR) is 106 cm³/mol. The number of nitrogens with zero attached hydrogens (tertiary/aromatic N) is 1. The SMILES string of the molecule is CCOC(=O)c1cc(-c2ccc(SC)cc2)[nH]c1-c1ccccc1[N+](=O)[O-]. The minimum Gasteiger partial charge on any atom is -0.462 e. The molecule has 0 amide bonds. The Kier molecular flexibility index (Phi) is 5.61. The second-order valence-electron chi connectivity index (χ2n) is 5.69. The van der Waals surface area contributed by atoms with Gasteiger partial charge < -0.3 is 9.72 Å². The number of hydrogen-bond donors (Lipinski definition) is 1. The molecule has 6 nitrogen and oxygen atoms in total. The molecule has 0 bridgehead atoms. The van der Waals surface area contributed by atoms with Gasteiger partial charge in [0.1, 0.15) is 0 Å². The van der Waals surface area contributed by atoms with Crippen LogP contribution in [0.2, 0.25) is 0 Å². The van der Waals surface area contributed by atoms with Gasteiger partial charge in [-0.3, -0.25) is 10.1 Å². The van der Waals surface area contributed by atoms with Crippen LogP contribution in [0.1, 0.15) is 17.3 Å². The van der Waals surface area contributed by atoms with E-state index >= 15 is 0 Å². The number of rotatable bonds is 6. The summed E-state index contributed by atoms with van der Waals surface area (Å²) in [6, 6.07) is 15.8. The monoisotopic (exact) mass is 382 g/mol. The van der Waals surface area contributed by atoms with Crippen molar-refractivity contribution in [3.8, 4) is 22.5 Å². The number of aromatic nitrogens is 1. The number of nitro groups is 1. The Morgan fingerprint density at radius 3 is 2.52 bits per heavy atom. The van der Waals surface area contributed by atoms with Gasteiger partial charge in [0.15, 0.2) is 0 Å². The topological polar surface area (TPSA) is 85.2 Å². The van der Waals surface area contributed by atoms with Crippen molar-refractivity contribution in [2.45, 2.75) is 11.8 Å². The van der Waals surface area contributed by atoms with E-state index in [0.717, 1.165) is 10.5 Å². The highest BCUT2D eigenvalue weighted by atomic mass is 32.2. The molecule has 7 heteroatoms. The van der Waals surface area contributed by atoms with E-state index in [1.807, 2.05) is 30.5 Å². The third-order valence-electron chi connectivity index (χ3n) is 4.08. The molecule has 0 spiro atoms. The highest BCUT2D eigenvalue weighted by molar-refractivity contribution is 7.98. The van der Waals surface area contributed by atoms with Crippen LogP contribution in [0, 0.1) is 10.1 Å². The Labute approximate surface area is 160 Å². The van der Waals surface area contributed by atoms with Crippen LogP contribution in [0.25, 0.3) is 22.5 Å². The first kappa shape index (κ1) is 18.7. The minimum atomic E-state index is -0.520. The maximum atomic E-state index is 12.4. The van der Waals surface area contributed by atoms with Gasteiger partial charge in [-0.05, 0) is 43.0 Å². The standard InChI is InChI=1S/C20H18N2O4S/c1-3-26-20(23)16-12-17(13-8-10-14(27-2)11-9-13)21-19(16)15-6-4-5-7-18(15)22(24)25/h4-12,21H,3H2,1-2H3. The van der Waals surface area contributed by atoms with E-state index in [0.29, 0.717) is 17.0 Å². The van der Waals surface area contributed by atoms with Crippen LogP contribution >= 0.6 is 11.8 Å². The van der Waals surface area contributed by atoms with E-state index in [4.69, 9.17) is 4.74 Å². The quantitative estimate of drug-likeness (QED) is 0.276. The van der Waals surface area contributed by atoms with Gasteiger partial charge in [-0.2, -0.15) is 0 Å². The van der Waals surface area contributed by atoms with Crippen LogP contribution in [0.5, 0.6) is 0 Å². The van der Waals surface area contributed by atoms with Crippen molar-refractivity contribution in [1.29, 1.82) is 0 Å². The summed E-state index contributed by atoms with van der Waals surface area (Å²) in [6.45, 7) is 1.94. The van der Waals surface area contributed by atoms with Crippen molar-refractivity contribution in [2.75, 3.05) is 12.9 Å². The molecule has 0 fully saturated rings. The maximum Gasteiger partial charge on any atom is 0.340 e. The molecule has 0 atom stereocenters. The lowest BCUT2D eigenvalue weighted by molar-refractivity contribution is -0.384. The third kappa shape index (κ3) is 3.88. The van der Waals surface area contributed by atoms with E-state index in [1.54, 1.807) is 43.0 Å². The molecular formula is C20H18N2O4S. The van der Waals surface area contributed by atoms with E-state index in [1.165, 1.54) is 6.07 Å². The summed E-state index contributed by atoms with van der Waals surface area (Å²) in [7, 11) is 0. The van der Waals surface area contributed by atoms with Crippen LogP contribution in [0.15, 0.2) is 59.5 Å². The number of nitro benzene ring substituents is 1. The van der Waals surface area contributed by atoms with Crippen molar-refractivity contribution < 1.29 is 14.5 Å². The molecule has 0 aliphatic heterocycles. The van der Waals surface area contributed by atoms with Crippen LogP contribution in [0.4, 0.5) is 5.69 Å². The van der Waals surface area contributed by atoms with E-state index in [9.17, 15) is 14.9 Å². The Bertz CT molecular complexity index is 980. The second-order valence-corrected chi connectivity index (χ2v) is 6.57. The summed E-state index contributed by atoms with van der Waals surface area (Å²) < 4.78 is 5.14. The molecule has 2 aromatic carbocycles. The number of carbonyl (C=O) groups excluding carboxylic acids is 1. The van der Waals surface area contributed by atoms with Crippen LogP contribution in [-0.4, -0.2) is 28.7 Å². The number of nitrogens with one attached hydrogen (secondary N) is 1. The van der Waals surface area contributed by atoms with Gasteiger partial charge in [0.2, 0.25) is 0 Å². The lowest BCUT2D eigenvalue weighted by Crippen LogP contribution is -2.05. The molecule has 3 rings (SSSR count). The molecule has 0 saturated heterocycles. The van der Waals surface area contributed by atoms with Gasteiger partial charge in [-0.15, -0.1) is 11.8 Å². The molecule has 0 saturated carbocycles. The molecule has 1 heterocycles. The fourth-order valence-corrected chi connectivity index (χ4v) is 3.22. The molecule has 0 unspecified atom stereocenters. The minimum absolute atomic E-state index is 0.0748. The highest BCUT2D eigenvalue weighted by Gasteiger charge is 2.24. The smallest absolute Gasteiger partial charge is 0.340 e. The Balaban J connectivity index is 2.16. The lowest BCUT2D eigenvalue weighted by atomic mass is 10.1. The van der Waals surface area contributed by atoms with E-state index < -0.39 is 10.9 Å². The summed E-state index contributed by atoms with van der Waals surface area (Å²) in [5.74, 6) is -0.520. The molecule has 1 aromatic heterocycles. The number of aromatic amines is 1. The average Bonchev–Trinajstić information content (AvgIpc) is 3.13. The Morgan fingerprint density at radius 1 is 1.19 bits per heavy atom. The highest BCUT2D eigenvalue weighted by Crippen LogP contribution is 2.35. The number of hydrogen-bond acceptors (Lipinski definition) is 5. The number of thioether (sulfide) groups is 1. The molecule has 1 N–H and O–H groups in total. The second kappa shape index (κ2) is 8.09. The van der Waals surface area contributed by atoms with Gasteiger partial charge in [-0.1, -0.05) is 24.3 Å². The van der Waals surface area contributed by atoms with E-state index in [2.05, 4.69) is 4.98 Å². The van der Waals surface area contributed by atoms with Crippen molar-refractivity contribution in [1.82, 2.24) is 4.98 Å². The van der Waals surface area contributed by atoms with Gasteiger partial charge in [0, 0.05) is 16.7 Å². The van der Waals surface area contributed by atoms with Crippen LogP contribution < -0.4 is 0 Å². The number of para-hydroxylation sites is 1. The van der Waals surface area contributed by atoms with Crippen molar-refractivity contribution >= 4 is 23.4 Å². The first-order chi connectivity index (χ1) is 13.0. The predicted octanol–water partition coefficient (Wildman–Crippen LogP) is 5.16. The number of esters is 1. The summed E-state index contributed by atoms with van der Waals surface area (Å²) in [4.78, 5) is 27.7. The molecule has 0 radical (unpaired) electrons. The number of ether oxygens (including phenoxy) is 1. The summed E-state index contributed by atoms with van der Waals surface area (Å²) in [6.07, 6.45) is 2.00. The zero-order valence-electron chi connectivity index (χ0n) is 14.9. The number of benzene rings is 2. The van der Waals surface area contributed by atoms with Gasteiger partial charge in [0.05, 0.1) is 28.4 Å². The fraction of sp³-hybridized carbons (Fsp3) is 0.150. The molecule has 0 aliphatic rings. The largest absolute Gasteiger partial charge is 0.462 e. The first-order valence-corrected chi connectivity index (χ1v) is 9.56.